The van der Waals surface area contributed by atoms with Crippen molar-refractivity contribution in [1.29, 1.82) is 0 Å². The molecular formula is C21H27BrO8S. The van der Waals surface area contributed by atoms with Gasteiger partial charge in [-0.1, -0.05) is 33.6 Å². The van der Waals surface area contributed by atoms with Crippen LogP contribution in [0.2, 0.25) is 0 Å². The number of sulfone groups is 1. The van der Waals surface area contributed by atoms with Gasteiger partial charge in [-0.15, -0.1) is 0 Å². The molecule has 2 saturated heterocycles. The molecule has 8 nitrogen and oxygen atoms in total. The predicted octanol–water partition coefficient (Wildman–Crippen LogP) is 2.40. The first kappa shape index (κ1) is 24.2. The summed E-state index contributed by atoms with van der Waals surface area (Å²) in [5.41, 5.74) is 0.973. The summed E-state index contributed by atoms with van der Waals surface area (Å²) in [5.74, 6) is -1.91. The van der Waals surface area contributed by atoms with E-state index in [1.165, 1.54) is 13.8 Å². The third-order valence-corrected chi connectivity index (χ3v) is 8.61. The molecule has 0 aromatic heterocycles. The Bertz CT molecular complexity index is 916. The van der Waals surface area contributed by atoms with Crippen LogP contribution in [0.25, 0.3) is 0 Å². The van der Waals surface area contributed by atoms with E-state index in [1.54, 1.807) is 31.2 Å². The first-order valence-electron chi connectivity index (χ1n) is 10.0. The fourth-order valence-electron chi connectivity index (χ4n) is 4.11. The van der Waals surface area contributed by atoms with Crippen molar-refractivity contribution in [3.63, 3.8) is 0 Å². The van der Waals surface area contributed by atoms with Crippen molar-refractivity contribution in [2.24, 2.45) is 11.8 Å². The lowest BCUT2D eigenvalue weighted by atomic mass is 9.84. The molecular weight excluding hydrogens is 492 g/mol. The summed E-state index contributed by atoms with van der Waals surface area (Å²) in [6, 6.07) is 6.72. The highest BCUT2D eigenvalue weighted by Crippen LogP contribution is 2.45. The number of fused-ring (bicyclic) bond motifs is 1. The van der Waals surface area contributed by atoms with Crippen LogP contribution in [0.4, 0.5) is 0 Å². The van der Waals surface area contributed by atoms with Crippen molar-refractivity contribution in [2.75, 3.05) is 12.4 Å². The molecule has 0 radical (unpaired) electrons. The Morgan fingerprint density at radius 1 is 1.10 bits per heavy atom. The van der Waals surface area contributed by atoms with Gasteiger partial charge in [-0.3, -0.25) is 9.59 Å². The van der Waals surface area contributed by atoms with E-state index in [4.69, 9.17) is 18.9 Å². The third kappa shape index (κ3) is 5.47. The number of hydrogen-bond donors (Lipinski definition) is 0. The van der Waals surface area contributed by atoms with E-state index in [9.17, 15) is 18.0 Å². The van der Waals surface area contributed by atoms with Crippen molar-refractivity contribution in [3.8, 4) is 0 Å². The largest absolute Gasteiger partial charge is 0.463 e. The van der Waals surface area contributed by atoms with Crippen LogP contribution in [-0.2, 0) is 38.4 Å². The maximum absolute atomic E-state index is 13.1. The van der Waals surface area contributed by atoms with Gasteiger partial charge in [-0.05, 0) is 26.0 Å². The SMILES string of the molecule is CC(=O)OC[C@H]1O[C@@H]2O[C@H](C)[C@H](CS(=O)(=O)c3ccc(C)cc3)[C@@H]2[C@@H](Br)[C@@H]1OC(C)=O. The van der Waals surface area contributed by atoms with E-state index in [0.29, 0.717) is 0 Å². The normalized spacial score (nSPS) is 32.9. The van der Waals surface area contributed by atoms with Gasteiger partial charge in [0, 0.05) is 25.7 Å². The van der Waals surface area contributed by atoms with Crippen LogP contribution in [0.15, 0.2) is 29.2 Å². The minimum absolute atomic E-state index is 0.108. The first-order valence-corrected chi connectivity index (χ1v) is 12.6. The van der Waals surface area contributed by atoms with Gasteiger partial charge in [0.25, 0.3) is 0 Å². The van der Waals surface area contributed by atoms with Gasteiger partial charge in [0.05, 0.1) is 21.6 Å². The van der Waals surface area contributed by atoms with Crippen LogP contribution in [0.5, 0.6) is 0 Å². The lowest BCUT2D eigenvalue weighted by molar-refractivity contribution is -0.238. The Kier molecular flexibility index (Phi) is 7.45. The molecule has 7 atom stereocenters. The highest BCUT2D eigenvalue weighted by atomic mass is 79.9. The molecule has 0 spiro atoms. The van der Waals surface area contributed by atoms with Crippen molar-refractivity contribution in [3.05, 3.63) is 29.8 Å². The number of rotatable bonds is 6. The minimum Gasteiger partial charge on any atom is -0.463 e. The van der Waals surface area contributed by atoms with Crippen LogP contribution < -0.4 is 0 Å². The van der Waals surface area contributed by atoms with Crippen molar-refractivity contribution in [2.45, 2.75) is 62.0 Å². The van der Waals surface area contributed by atoms with E-state index in [1.807, 2.05) is 6.92 Å². The van der Waals surface area contributed by atoms with Crippen LogP contribution in [0.1, 0.15) is 26.3 Å². The lowest BCUT2D eigenvalue weighted by Crippen LogP contribution is -2.55. The second-order valence-corrected chi connectivity index (χ2v) is 11.1. The number of carbonyl (C=O) groups excluding carboxylic acids is 2. The number of aryl methyl sites for hydroxylation is 1. The summed E-state index contributed by atoms with van der Waals surface area (Å²) in [5, 5.41) is 0. The molecule has 0 unspecified atom stereocenters. The smallest absolute Gasteiger partial charge is 0.303 e. The molecule has 2 fully saturated rings. The molecule has 31 heavy (non-hydrogen) atoms. The molecule has 2 aliphatic rings. The Morgan fingerprint density at radius 3 is 2.32 bits per heavy atom. The average Bonchev–Trinajstić information content (AvgIpc) is 2.97. The zero-order chi connectivity index (χ0) is 22.9. The van der Waals surface area contributed by atoms with E-state index >= 15 is 0 Å². The molecule has 1 aromatic carbocycles. The molecule has 0 N–H and O–H groups in total. The maximum atomic E-state index is 13.1. The van der Waals surface area contributed by atoms with Crippen LogP contribution in [-0.4, -0.2) is 62.1 Å². The molecule has 172 valence electrons. The fraction of sp³-hybridized carbons (Fsp3) is 0.619. The quantitative estimate of drug-likeness (QED) is 0.417. The standard InChI is InChI=1S/C21H27BrO8S/c1-11-5-7-15(8-6-11)31(25,26)10-16-12(2)28-21-18(16)19(22)20(29-14(4)24)17(30-21)9-27-13(3)23/h5-8,12,16-21H,9-10H2,1-4H3/t12-,16+,17-,18-,19-,20-,21+/m1/s1. The number of esters is 2. The summed E-state index contributed by atoms with van der Waals surface area (Å²) in [6.45, 7) is 6.14. The molecule has 0 aliphatic carbocycles. The number of alkyl halides is 1. The van der Waals surface area contributed by atoms with Gasteiger partial charge in [-0.25, -0.2) is 8.42 Å². The summed E-state index contributed by atoms with van der Waals surface area (Å²) in [7, 11) is -3.58. The number of carbonyl (C=O) groups is 2. The second-order valence-electron chi connectivity index (χ2n) is 8.04. The molecule has 2 aliphatic heterocycles. The second kappa shape index (κ2) is 9.56. The fourth-order valence-corrected chi connectivity index (χ4v) is 6.94. The zero-order valence-electron chi connectivity index (χ0n) is 17.8. The van der Waals surface area contributed by atoms with Crippen LogP contribution >= 0.6 is 15.9 Å². The minimum atomic E-state index is -3.58. The number of benzene rings is 1. The van der Waals surface area contributed by atoms with Crippen molar-refractivity contribution >= 4 is 37.7 Å². The Balaban J connectivity index is 1.84. The average molecular weight is 519 g/mol. The monoisotopic (exact) mass is 518 g/mol. The molecule has 3 rings (SSSR count). The van der Waals surface area contributed by atoms with Gasteiger partial charge in [-0.2, -0.15) is 0 Å². The molecule has 0 amide bonds. The first-order chi connectivity index (χ1) is 14.5. The van der Waals surface area contributed by atoms with Gasteiger partial charge in [0.1, 0.15) is 18.8 Å². The van der Waals surface area contributed by atoms with Gasteiger partial charge in [0.15, 0.2) is 16.1 Å². The molecule has 1 aromatic rings. The van der Waals surface area contributed by atoms with Gasteiger partial charge >= 0.3 is 11.9 Å². The van der Waals surface area contributed by atoms with E-state index in [0.717, 1.165) is 5.56 Å². The van der Waals surface area contributed by atoms with Crippen LogP contribution in [0.3, 0.4) is 0 Å². The summed E-state index contributed by atoms with van der Waals surface area (Å²) in [4.78, 5) is 22.7. The summed E-state index contributed by atoms with van der Waals surface area (Å²) < 4.78 is 48.6. The van der Waals surface area contributed by atoms with Crippen molar-refractivity contribution < 1.29 is 37.0 Å². The third-order valence-electron chi connectivity index (χ3n) is 5.66. The van der Waals surface area contributed by atoms with Crippen molar-refractivity contribution in [1.82, 2.24) is 0 Å². The summed E-state index contributed by atoms with van der Waals surface area (Å²) >= 11 is 3.61. The van der Waals surface area contributed by atoms with E-state index in [-0.39, 0.29) is 23.2 Å². The molecule has 0 saturated carbocycles. The highest BCUT2D eigenvalue weighted by molar-refractivity contribution is 9.09. The maximum Gasteiger partial charge on any atom is 0.303 e. The Labute approximate surface area is 190 Å². The molecule has 0 bridgehead atoms. The Hall–Kier alpha value is -1.49. The highest BCUT2D eigenvalue weighted by Gasteiger charge is 2.56. The van der Waals surface area contributed by atoms with Gasteiger partial charge in [0.2, 0.25) is 0 Å². The number of ether oxygens (including phenoxy) is 4. The summed E-state index contributed by atoms with van der Waals surface area (Å²) in [6.07, 6.45) is -2.62. The van der Waals surface area contributed by atoms with Crippen LogP contribution in [0, 0.1) is 18.8 Å². The van der Waals surface area contributed by atoms with E-state index < -0.39 is 57.1 Å². The zero-order valence-corrected chi connectivity index (χ0v) is 20.2. The molecule has 10 heteroatoms. The van der Waals surface area contributed by atoms with Gasteiger partial charge < -0.3 is 18.9 Å². The molecule has 2 heterocycles. The topological polar surface area (TPSA) is 105 Å². The predicted molar refractivity (Wildman–Crippen MR) is 114 cm³/mol. The number of hydrogen-bond acceptors (Lipinski definition) is 8. The van der Waals surface area contributed by atoms with E-state index in [2.05, 4.69) is 15.9 Å². The lowest BCUT2D eigenvalue weighted by Gasteiger charge is -2.41. The Morgan fingerprint density at radius 2 is 1.74 bits per heavy atom. The number of halogens is 1.